The van der Waals surface area contributed by atoms with E-state index in [2.05, 4.69) is 17.4 Å². The van der Waals surface area contributed by atoms with Gasteiger partial charge in [0.05, 0.1) is 19.1 Å². The van der Waals surface area contributed by atoms with Gasteiger partial charge in [0.1, 0.15) is 6.07 Å². The largest absolute Gasteiger partial charge is 0.469 e. The summed E-state index contributed by atoms with van der Waals surface area (Å²) in [6, 6.07) is 5.06. The predicted octanol–water partition coefficient (Wildman–Crippen LogP) is 2.22. The number of methoxy groups -OCH3 is 1. The number of ether oxygens (including phenoxy) is 1. The Kier molecular flexibility index (Phi) is 4.01. The third-order valence-electron chi connectivity index (χ3n) is 1.84. The molecule has 0 saturated heterocycles. The summed E-state index contributed by atoms with van der Waals surface area (Å²) in [7, 11) is 1.30. The third kappa shape index (κ3) is 2.88. The van der Waals surface area contributed by atoms with E-state index in [1.807, 2.05) is 6.07 Å². The van der Waals surface area contributed by atoms with Crippen LogP contribution in [0.2, 0.25) is 5.02 Å². The highest BCUT2D eigenvalue weighted by atomic mass is 35.5. The molecular weight excluding hydrogens is 234 g/mol. The number of benzene rings is 1. The van der Waals surface area contributed by atoms with Gasteiger partial charge >= 0.3 is 5.97 Å². The van der Waals surface area contributed by atoms with Gasteiger partial charge in [0, 0.05) is 9.92 Å². The maximum Gasteiger partial charge on any atom is 0.310 e. The van der Waals surface area contributed by atoms with E-state index in [0.29, 0.717) is 21.0 Å². The third-order valence-corrected chi connectivity index (χ3v) is 2.58. The molecule has 1 aromatic rings. The van der Waals surface area contributed by atoms with Crippen LogP contribution in [0.3, 0.4) is 0 Å². The topological polar surface area (TPSA) is 50.1 Å². The predicted molar refractivity (Wildman–Crippen MR) is 59.1 cm³/mol. The van der Waals surface area contributed by atoms with E-state index in [1.165, 1.54) is 13.2 Å². The average molecular weight is 242 g/mol. The summed E-state index contributed by atoms with van der Waals surface area (Å²) in [6.07, 6.45) is 0.0601. The Morgan fingerprint density at radius 2 is 2.33 bits per heavy atom. The van der Waals surface area contributed by atoms with Crippen molar-refractivity contribution >= 4 is 30.2 Å². The normalized spacial score (nSPS) is 9.47. The van der Waals surface area contributed by atoms with Crippen LogP contribution in [0.25, 0.3) is 0 Å². The van der Waals surface area contributed by atoms with Gasteiger partial charge in [0.25, 0.3) is 0 Å². The minimum Gasteiger partial charge on any atom is -0.469 e. The standard InChI is InChI=1S/C10H8ClNO2S/c1-14-9(13)4-6-2-8(11)3-7(5-12)10(6)15/h2-3,15H,4H2,1H3. The van der Waals surface area contributed by atoms with Crippen molar-refractivity contribution in [2.75, 3.05) is 7.11 Å². The zero-order chi connectivity index (χ0) is 11.4. The summed E-state index contributed by atoms with van der Waals surface area (Å²) < 4.78 is 4.52. The van der Waals surface area contributed by atoms with Crippen molar-refractivity contribution in [1.82, 2.24) is 0 Å². The number of halogens is 1. The van der Waals surface area contributed by atoms with Crippen LogP contribution >= 0.6 is 24.2 Å². The maximum atomic E-state index is 11.1. The van der Waals surface area contributed by atoms with Crippen molar-refractivity contribution in [3.05, 3.63) is 28.3 Å². The van der Waals surface area contributed by atoms with E-state index >= 15 is 0 Å². The Bertz CT molecular complexity index is 440. The number of hydrogen-bond acceptors (Lipinski definition) is 4. The second kappa shape index (κ2) is 5.06. The Morgan fingerprint density at radius 1 is 1.67 bits per heavy atom. The first-order valence-electron chi connectivity index (χ1n) is 4.06. The molecule has 0 saturated carbocycles. The molecule has 15 heavy (non-hydrogen) atoms. The van der Waals surface area contributed by atoms with E-state index in [1.54, 1.807) is 6.07 Å². The molecule has 0 spiro atoms. The first kappa shape index (κ1) is 11.9. The molecule has 0 fully saturated rings. The SMILES string of the molecule is COC(=O)Cc1cc(Cl)cc(C#N)c1S. The number of nitriles is 1. The Morgan fingerprint density at radius 3 is 2.87 bits per heavy atom. The molecule has 78 valence electrons. The van der Waals surface area contributed by atoms with Crippen LogP contribution in [0.1, 0.15) is 11.1 Å². The molecule has 3 nitrogen and oxygen atoms in total. The van der Waals surface area contributed by atoms with Crippen molar-refractivity contribution in [1.29, 1.82) is 5.26 Å². The van der Waals surface area contributed by atoms with Crippen LogP contribution in [0.15, 0.2) is 17.0 Å². The fourth-order valence-electron chi connectivity index (χ4n) is 1.10. The summed E-state index contributed by atoms with van der Waals surface area (Å²) in [4.78, 5) is 11.5. The monoisotopic (exact) mass is 241 g/mol. The fraction of sp³-hybridized carbons (Fsp3) is 0.200. The molecule has 0 aliphatic heterocycles. The second-order valence-electron chi connectivity index (χ2n) is 2.83. The molecule has 0 atom stereocenters. The smallest absolute Gasteiger partial charge is 0.310 e. The van der Waals surface area contributed by atoms with E-state index in [0.717, 1.165) is 0 Å². The number of rotatable bonds is 2. The van der Waals surface area contributed by atoms with Crippen LogP contribution in [-0.4, -0.2) is 13.1 Å². The van der Waals surface area contributed by atoms with Crippen molar-refractivity contribution in [2.24, 2.45) is 0 Å². The summed E-state index contributed by atoms with van der Waals surface area (Å²) in [5.41, 5.74) is 0.943. The van der Waals surface area contributed by atoms with Gasteiger partial charge < -0.3 is 4.74 Å². The van der Waals surface area contributed by atoms with Gasteiger partial charge in [-0.25, -0.2) is 0 Å². The maximum absolute atomic E-state index is 11.1. The summed E-state index contributed by atoms with van der Waals surface area (Å²) in [6.45, 7) is 0. The first-order chi connectivity index (χ1) is 7.08. The van der Waals surface area contributed by atoms with Crippen molar-refractivity contribution in [3.63, 3.8) is 0 Å². The lowest BCUT2D eigenvalue weighted by Gasteiger charge is -2.06. The lowest BCUT2D eigenvalue weighted by molar-refractivity contribution is -0.139. The van der Waals surface area contributed by atoms with Gasteiger partial charge in [0.15, 0.2) is 0 Å². The zero-order valence-electron chi connectivity index (χ0n) is 7.95. The van der Waals surface area contributed by atoms with Gasteiger partial charge in [-0.05, 0) is 17.7 Å². The van der Waals surface area contributed by atoms with Gasteiger partial charge in [-0.15, -0.1) is 12.6 Å². The number of carbonyl (C=O) groups excluding carboxylic acids is 1. The Balaban J connectivity index is 3.13. The van der Waals surface area contributed by atoms with Gasteiger partial charge in [-0.2, -0.15) is 5.26 Å². The zero-order valence-corrected chi connectivity index (χ0v) is 9.60. The van der Waals surface area contributed by atoms with E-state index in [-0.39, 0.29) is 6.42 Å². The number of esters is 1. The van der Waals surface area contributed by atoms with Gasteiger partial charge in [-0.1, -0.05) is 11.6 Å². The molecule has 0 aliphatic carbocycles. The lowest BCUT2D eigenvalue weighted by Crippen LogP contribution is -2.05. The number of hydrogen-bond donors (Lipinski definition) is 1. The number of carbonyl (C=O) groups is 1. The average Bonchev–Trinajstić information content (AvgIpc) is 2.22. The quantitative estimate of drug-likeness (QED) is 0.638. The van der Waals surface area contributed by atoms with Crippen LogP contribution < -0.4 is 0 Å². The molecule has 0 aromatic heterocycles. The molecule has 0 aliphatic rings. The summed E-state index contributed by atoms with van der Waals surface area (Å²) >= 11 is 9.95. The number of nitrogens with zero attached hydrogens (tertiary/aromatic N) is 1. The van der Waals surface area contributed by atoms with E-state index < -0.39 is 5.97 Å². The number of thiol groups is 1. The first-order valence-corrected chi connectivity index (χ1v) is 4.89. The van der Waals surface area contributed by atoms with Crippen molar-refractivity contribution < 1.29 is 9.53 Å². The molecular formula is C10H8ClNO2S. The van der Waals surface area contributed by atoms with Gasteiger partial charge in [0.2, 0.25) is 0 Å². The molecule has 0 amide bonds. The van der Waals surface area contributed by atoms with Crippen LogP contribution in [0.5, 0.6) is 0 Å². The van der Waals surface area contributed by atoms with Crippen LogP contribution in [-0.2, 0) is 16.0 Å². The molecule has 0 N–H and O–H groups in total. The highest BCUT2D eigenvalue weighted by molar-refractivity contribution is 7.80. The minimum absolute atomic E-state index is 0.0601. The molecule has 0 radical (unpaired) electrons. The molecule has 0 heterocycles. The summed E-state index contributed by atoms with van der Waals surface area (Å²) in [5.74, 6) is -0.392. The Hall–Kier alpha value is -1.18. The van der Waals surface area contributed by atoms with Gasteiger partial charge in [-0.3, -0.25) is 4.79 Å². The molecule has 0 bridgehead atoms. The molecule has 1 aromatic carbocycles. The minimum atomic E-state index is -0.392. The van der Waals surface area contributed by atoms with E-state index in [4.69, 9.17) is 16.9 Å². The highest BCUT2D eigenvalue weighted by Gasteiger charge is 2.11. The highest BCUT2D eigenvalue weighted by Crippen LogP contribution is 2.24. The van der Waals surface area contributed by atoms with Crippen LogP contribution in [0.4, 0.5) is 0 Å². The molecule has 1 rings (SSSR count). The Labute approximate surface area is 98.0 Å². The van der Waals surface area contributed by atoms with Crippen LogP contribution in [0, 0.1) is 11.3 Å². The molecule has 5 heteroatoms. The van der Waals surface area contributed by atoms with Crippen molar-refractivity contribution in [3.8, 4) is 6.07 Å². The fourth-order valence-corrected chi connectivity index (χ4v) is 1.60. The lowest BCUT2D eigenvalue weighted by atomic mass is 10.1. The second-order valence-corrected chi connectivity index (χ2v) is 3.71. The summed E-state index contributed by atoms with van der Waals surface area (Å²) in [5, 5.41) is 9.19. The molecule has 0 unspecified atom stereocenters. The van der Waals surface area contributed by atoms with E-state index in [9.17, 15) is 4.79 Å². The van der Waals surface area contributed by atoms with Crippen molar-refractivity contribution in [2.45, 2.75) is 11.3 Å².